The van der Waals surface area contributed by atoms with Crippen molar-refractivity contribution in [2.75, 3.05) is 6.61 Å². The molecule has 1 fully saturated rings. The third-order valence-electron chi connectivity index (χ3n) is 3.90. The number of unbranched alkanes of at least 4 members (excludes halogenated alkanes) is 3. The van der Waals surface area contributed by atoms with E-state index in [-0.39, 0.29) is 18.0 Å². The summed E-state index contributed by atoms with van der Waals surface area (Å²) < 4.78 is 11.1. The lowest BCUT2D eigenvalue weighted by atomic mass is 10.0. The molecule has 0 spiro atoms. The molecule has 0 aromatic carbocycles. The van der Waals surface area contributed by atoms with Gasteiger partial charge in [0.05, 0.1) is 18.6 Å². The third kappa shape index (κ3) is 3.14. The van der Waals surface area contributed by atoms with Gasteiger partial charge >= 0.3 is 5.97 Å². The minimum atomic E-state index is -0.445. The summed E-state index contributed by atoms with van der Waals surface area (Å²) in [7, 11) is 0. The van der Waals surface area contributed by atoms with Crippen LogP contribution in [0.25, 0.3) is 0 Å². The molecule has 102 valence electrons. The molecule has 1 saturated heterocycles. The number of hydrogen-bond donors (Lipinski definition) is 0. The predicted molar refractivity (Wildman–Crippen MR) is 70.2 cm³/mol. The van der Waals surface area contributed by atoms with Crippen LogP contribution in [0.5, 0.6) is 0 Å². The molecular formula is C15H24O3. The maximum atomic E-state index is 12.0. The smallest absolute Gasteiger partial charge is 0.309 e. The maximum Gasteiger partial charge on any atom is 0.309 e. The van der Waals surface area contributed by atoms with Crippen LogP contribution in [0.4, 0.5) is 0 Å². The van der Waals surface area contributed by atoms with Crippen molar-refractivity contribution in [1.82, 2.24) is 0 Å². The minimum absolute atomic E-state index is 0.00396. The van der Waals surface area contributed by atoms with Gasteiger partial charge in [0.2, 0.25) is 0 Å². The van der Waals surface area contributed by atoms with E-state index < -0.39 is 5.60 Å². The highest BCUT2D eigenvalue weighted by Gasteiger charge is 2.45. The Morgan fingerprint density at radius 2 is 2.33 bits per heavy atom. The Labute approximate surface area is 110 Å². The summed E-state index contributed by atoms with van der Waals surface area (Å²) in [6.07, 6.45) is 10.7. The Morgan fingerprint density at radius 1 is 1.50 bits per heavy atom. The highest BCUT2D eigenvalue weighted by atomic mass is 16.6. The monoisotopic (exact) mass is 252 g/mol. The van der Waals surface area contributed by atoms with Gasteiger partial charge in [-0.2, -0.15) is 0 Å². The zero-order valence-electron chi connectivity index (χ0n) is 11.5. The number of carbonyl (C=O) groups excluding carboxylic acids is 1. The topological polar surface area (TPSA) is 35.5 Å². The molecular weight excluding hydrogens is 228 g/mol. The molecule has 0 aromatic rings. The van der Waals surface area contributed by atoms with E-state index in [9.17, 15) is 4.79 Å². The van der Waals surface area contributed by atoms with Crippen molar-refractivity contribution in [1.29, 1.82) is 0 Å². The molecule has 0 N–H and O–H groups in total. The lowest BCUT2D eigenvalue weighted by molar-refractivity contribution is -0.160. The van der Waals surface area contributed by atoms with E-state index in [0.717, 1.165) is 19.3 Å². The van der Waals surface area contributed by atoms with Gasteiger partial charge < -0.3 is 9.47 Å². The van der Waals surface area contributed by atoms with Gasteiger partial charge in [0.1, 0.15) is 0 Å². The average Bonchev–Trinajstić information content (AvgIpc) is 2.94. The summed E-state index contributed by atoms with van der Waals surface area (Å²) in [6.45, 7) is 4.69. The van der Waals surface area contributed by atoms with Crippen LogP contribution >= 0.6 is 0 Å². The van der Waals surface area contributed by atoms with Crippen molar-refractivity contribution in [3.05, 3.63) is 12.2 Å². The molecule has 3 nitrogen and oxygen atoms in total. The Morgan fingerprint density at radius 3 is 2.89 bits per heavy atom. The molecule has 1 heterocycles. The second-order valence-electron chi connectivity index (χ2n) is 5.65. The second kappa shape index (κ2) is 5.87. The van der Waals surface area contributed by atoms with E-state index >= 15 is 0 Å². The normalized spacial score (nSPS) is 30.7. The number of esters is 1. The minimum Gasteiger partial charge on any atom is -0.452 e. The SMILES string of the molecule is CCCCCCC(C)C(=O)OC12C=CC(C1)OC2. The Kier molecular flexibility index (Phi) is 4.44. The van der Waals surface area contributed by atoms with Gasteiger partial charge in [0.25, 0.3) is 0 Å². The fourth-order valence-corrected chi connectivity index (χ4v) is 2.63. The standard InChI is InChI=1S/C15H24O3/c1-3-4-5-6-7-12(2)14(16)18-15-9-8-13(10-15)17-11-15/h8-9,12-13H,3-7,10-11H2,1-2H3. The molecule has 3 atom stereocenters. The van der Waals surface area contributed by atoms with Crippen LogP contribution in [0.15, 0.2) is 12.2 Å². The summed E-state index contributed by atoms with van der Waals surface area (Å²) in [5.41, 5.74) is -0.445. The van der Waals surface area contributed by atoms with Gasteiger partial charge in [0, 0.05) is 6.42 Å². The highest BCUT2D eigenvalue weighted by Crippen LogP contribution is 2.36. The lowest BCUT2D eigenvalue weighted by Crippen LogP contribution is -2.34. The van der Waals surface area contributed by atoms with E-state index in [1.165, 1.54) is 19.3 Å². The van der Waals surface area contributed by atoms with Crippen molar-refractivity contribution < 1.29 is 14.3 Å². The maximum absolute atomic E-state index is 12.0. The molecule has 0 amide bonds. The summed E-state index contributed by atoms with van der Waals surface area (Å²) in [6, 6.07) is 0. The van der Waals surface area contributed by atoms with Gasteiger partial charge in [-0.1, -0.05) is 45.6 Å². The molecule has 3 heteroatoms. The van der Waals surface area contributed by atoms with Crippen molar-refractivity contribution in [3.63, 3.8) is 0 Å². The fraction of sp³-hybridized carbons (Fsp3) is 0.800. The summed E-state index contributed by atoms with van der Waals surface area (Å²) in [5.74, 6) is -0.0634. The molecule has 2 aliphatic rings. The molecule has 0 saturated carbocycles. The molecule has 1 aliphatic carbocycles. The van der Waals surface area contributed by atoms with Crippen LogP contribution in [0.2, 0.25) is 0 Å². The van der Waals surface area contributed by atoms with Gasteiger partial charge in [-0.15, -0.1) is 0 Å². The number of ether oxygens (including phenoxy) is 2. The van der Waals surface area contributed by atoms with E-state index in [2.05, 4.69) is 6.92 Å². The first kappa shape index (κ1) is 13.6. The van der Waals surface area contributed by atoms with Crippen LogP contribution in [0, 0.1) is 5.92 Å². The van der Waals surface area contributed by atoms with E-state index in [1.54, 1.807) is 0 Å². The number of rotatable bonds is 7. The first-order valence-electron chi connectivity index (χ1n) is 7.19. The van der Waals surface area contributed by atoms with Crippen LogP contribution in [0.1, 0.15) is 52.4 Å². The quantitative estimate of drug-likeness (QED) is 0.396. The molecule has 3 unspecified atom stereocenters. The Balaban J connectivity index is 1.72. The molecule has 0 aromatic heterocycles. The zero-order valence-corrected chi connectivity index (χ0v) is 11.5. The molecule has 0 radical (unpaired) electrons. The fourth-order valence-electron chi connectivity index (χ4n) is 2.63. The summed E-state index contributed by atoms with van der Waals surface area (Å²) in [4.78, 5) is 12.0. The van der Waals surface area contributed by atoms with Crippen LogP contribution in [0.3, 0.4) is 0 Å². The third-order valence-corrected chi connectivity index (χ3v) is 3.90. The van der Waals surface area contributed by atoms with Gasteiger partial charge in [-0.3, -0.25) is 4.79 Å². The summed E-state index contributed by atoms with van der Waals surface area (Å²) >= 11 is 0. The second-order valence-corrected chi connectivity index (χ2v) is 5.65. The van der Waals surface area contributed by atoms with Crippen molar-refractivity contribution >= 4 is 5.97 Å². The van der Waals surface area contributed by atoms with Gasteiger partial charge in [-0.05, 0) is 12.5 Å². The Bertz CT molecular complexity index is 324. The first-order chi connectivity index (χ1) is 8.65. The van der Waals surface area contributed by atoms with Gasteiger partial charge in [-0.25, -0.2) is 0 Å². The summed E-state index contributed by atoms with van der Waals surface area (Å²) in [5, 5.41) is 0. The van der Waals surface area contributed by atoms with Gasteiger partial charge in [0.15, 0.2) is 5.60 Å². The predicted octanol–water partition coefficient (Wildman–Crippen LogP) is 3.23. The van der Waals surface area contributed by atoms with Crippen LogP contribution < -0.4 is 0 Å². The molecule has 2 bridgehead atoms. The molecule has 18 heavy (non-hydrogen) atoms. The molecule has 1 aliphatic heterocycles. The Hall–Kier alpha value is -0.830. The number of carbonyl (C=O) groups is 1. The van der Waals surface area contributed by atoms with Crippen molar-refractivity contribution in [2.45, 2.75) is 64.1 Å². The van der Waals surface area contributed by atoms with E-state index in [4.69, 9.17) is 9.47 Å². The number of hydrogen-bond acceptors (Lipinski definition) is 3. The van der Waals surface area contributed by atoms with Crippen LogP contribution in [-0.4, -0.2) is 24.3 Å². The first-order valence-corrected chi connectivity index (χ1v) is 7.19. The molecule has 2 rings (SSSR count). The average molecular weight is 252 g/mol. The van der Waals surface area contributed by atoms with Crippen molar-refractivity contribution in [3.8, 4) is 0 Å². The van der Waals surface area contributed by atoms with E-state index in [0.29, 0.717) is 6.61 Å². The largest absolute Gasteiger partial charge is 0.452 e. The number of fused-ring (bicyclic) bond motifs is 2. The van der Waals surface area contributed by atoms with E-state index in [1.807, 2.05) is 19.1 Å². The lowest BCUT2D eigenvalue weighted by Gasteiger charge is -2.24. The highest BCUT2D eigenvalue weighted by molar-refractivity contribution is 5.72. The van der Waals surface area contributed by atoms with Crippen molar-refractivity contribution in [2.24, 2.45) is 5.92 Å². The zero-order chi connectivity index (χ0) is 13.0. The van der Waals surface area contributed by atoms with Crippen LogP contribution in [-0.2, 0) is 14.3 Å².